The van der Waals surface area contributed by atoms with Crippen molar-refractivity contribution in [2.24, 2.45) is 0 Å². The molecule has 0 N–H and O–H groups in total. The number of hydrogen-bond donors (Lipinski definition) is 0. The van der Waals surface area contributed by atoms with Crippen molar-refractivity contribution in [3.8, 4) is 5.75 Å². The van der Waals surface area contributed by atoms with E-state index in [1.54, 1.807) is 6.07 Å². The summed E-state index contributed by atoms with van der Waals surface area (Å²) in [6.07, 6.45) is -0.147. The monoisotopic (exact) mass is 223 g/mol. The van der Waals surface area contributed by atoms with Crippen molar-refractivity contribution in [1.82, 2.24) is 0 Å². The molecular formula is C11H10FNO3. The third kappa shape index (κ3) is 1.76. The van der Waals surface area contributed by atoms with Crippen molar-refractivity contribution in [3.05, 3.63) is 24.0 Å². The van der Waals surface area contributed by atoms with Crippen molar-refractivity contribution in [2.45, 2.75) is 6.42 Å². The van der Waals surface area contributed by atoms with Gasteiger partial charge in [-0.15, -0.1) is 0 Å². The Bertz CT molecular complexity index is 459. The molecule has 0 radical (unpaired) electrons. The minimum Gasteiger partial charge on any atom is -0.497 e. The van der Waals surface area contributed by atoms with E-state index in [9.17, 15) is 14.0 Å². The number of ketones is 1. The lowest BCUT2D eigenvalue weighted by Crippen LogP contribution is -2.25. The molecule has 1 fully saturated rings. The van der Waals surface area contributed by atoms with Crippen molar-refractivity contribution < 1.29 is 18.7 Å². The van der Waals surface area contributed by atoms with Crippen LogP contribution in [0.3, 0.4) is 0 Å². The molecule has 5 heteroatoms. The highest BCUT2D eigenvalue weighted by atomic mass is 19.1. The Labute approximate surface area is 91.6 Å². The zero-order chi connectivity index (χ0) is 11.7. The summed E-state index contributed by atoms with van der Waals surface area (Å²) < 4.78 is 18.5. The average molecular weight is 223 g/mol. The zero-order valence-corrected chi connectivity index (χ0v) is 8.70. The van der Waals surface area contributed by atoms with E-state index in [4.69, 9.17) is 4.74 Å². The highest BCUT2D eigenvalue weighted by Crippen LogP contribution is 2.26. The Morgan fingerprint density at radius 1 is 1.38 bits per heavy atom. The summed E-state index contributed by atoms with van der Waals surface area (Å²) in [5.41, 5.74) is 0.122. The van der Waals surface area contributed by atoms with Gasteiger partial charge in [0.15, 0.2) is 11.6 Å². The van der Waals surface area contributed by atoms with Crippen LogP contribution in [0.25, 0.3) is 0 Å². The number of carbonyl (C=O) groups is 2. The Hall–Kier alpha value is -1.91. The zero-order valence-electron chi connectivity index (χ0n) is 8.70. The van der Waals surface area contributed by atoms with Gasteiger partial charge in [-0.3, -0.25) is 9.59 Å². The summed E-state index contributed by atoms with van der Waals surface area (Å²) in [5, 5.41) is 0. The number of amides is 1. The number of carbonyl (C=O) groups excluding carboxylic acids is 2. The lowest BCUT2D eigenvalue weighted by atomic mass is 10.2. The molecule has 1 aromatic rings. The molecule has 0 saturated carbocycles. The van der Waals surface area contributed by atoms with E-state index in [2.05, 4.69) is 0 Å². The normalized spacial score (nSPS) is 15.8. The molecule has 0 bridgehead atoms. The SMILES string of the molecule is COc1ccc(N2CC(=O)CC2=O)c(F)c1. The van der Waals surface area contributed by atoms with Crippen LogP contribution < -0.4 is 9.64 Å². The fraction of sp³-hybridized carbons (Fsp3) is 0.273. The molecule has 0 aliphatic carbocycles. The van der Waals surface area contributed by atoms with Gasteiger partial charge < -0.3 is 9.64 Å². The van der Waals surface area contributed by atoms with Gasteiger partial charge in [0.25, 0.3) is 0 Å². The number of ether oxygens (including phenoxy) is 1. The van der Waals surface area contributed by atoms with Crippen LogP contribution in [0.5, 0.6) is 5.75 Å². The Kier molecular flexibility index (Phi) is 2.60. The molecule has 2 rings (SSSR count). The van der Waals surface area contributed by atoms with Gasteiger partial charge in [0.2, 0.25) is 5.91 Å². The number of nitrogens with zero attached hydrogens (tertiary/aromatic N) is 1. The second-order valence-corrected chi connectivity index (χ2v) is 3.51. The van der Waals surface area contributed by atoms with E-state index >= 15 is 0 Å². The molecule has 1 aliphatic heterocycles. The van der Waals surface area contributed by atoms with E-state index in [1.165, 1.54) is 19.2 Å². The van der Waals surface area contributed by atoms with Crippen LogP contribution in [0.15, 0.2) is 18.2 Å². The molecule has 4 nitrogen and oxygen atoms in total. The maximum atomic E-state index is 13.6. The van der Waals surface area contributed by atoms with Gasteiger partial charge in [-0.2, -0.15) is 0 Å². The highest BCUT2D eigenvalue weighted by molar-refractivity contribution is 6.15. The third-order valence-corrected chi connectivity index (χ3v) is 2.43. The number of methoxy groups -OCH3 is 1. The second kappa shape index (κ2) is 3.92. The number of halogens is 1. The van der Waals surface area contributed by atoms with Crippen LogP contribution in [-0.4, -0.2) is 25.3 Å². The summed E-state index contributed by atoms with van der Waals surface area (Å²) in [6, 6.07) is 4.17. The van der Waals surface area contributed by atoms with Crippen molar-refractivity contribution in [3.63, 3.8) is 0 Å². The summed E-state index contributed by atoms with van der Waals surface area (Å²) in [6.45, 7) is -0.0535. The molecule has 1 aliphatic rings. The first-order valence-electron chi connectivity index (χ1n) is 4.77. The van der Waals surface area contributed by atoms with Gasteiger partial charge in [-0.25, -0.2) is 4.39 Å². The summed E-state index contributed by atoms with van der Waals surface area (Å²) in [4.78, 5) is 23.6. The topological polar surface area (TPSA) is 46.6 Å². The number of anilines is 1. The molecule has 0 unspecified atom stereocenters. The average Bonchev–Trinajstić information content (AvgIpc) is 2.57. The summed E-state index contributed by atoms with van der Waals surface area (Å²) >= 11 is 0. The van der Waals surface area contributed by atoms with Crippen LogP contribution in [-0.2, 0) is 9.59 Å². The van der Waals surface area contributed by atoms with Gasteiger partial charge >= 0.3 is 0 Å². The number of benzene rings is 1. The van der Waals surface area contributed by atoms with Crippen LogP contribution in [0, 0.1) is 5.82 Å². The lowest BCUT2D eigenvalue weighted by molar-refractivity contribution is -0.121. The Morgan fingerprint density at radius 2 is 2.12 bits per heavy atom. The van der Waals surface area contributed by atoms with Gasteiger partial charge in [0.05, 0.1) is 25.8 Å². The molecular weight excluding hydrogens is 213 g/mol. The molecule has 0 spiro atoms. The van der Waals surface area contributed by atoms with E-state index < -0.39 is 5.82 Å². The summed E-state index contributed by atoms with van der Waals surface area (Å²) in [5.74, 6) is -0.754. The molecule has 1 aromatic carbocycles. The van der Waals surface area contributed by atoms with E-state index in [1.807, 2.05) is 0 Å². The van der Waals surface area contributed by atoms with Crippen molar-refractivity contribution >= 4 is 17.4 Å². The second-order valence-electron chi connectivity index (χ2n) is 3.51. The first kappa shape index (κ1) is 10.6. The predicted octanol–water partition coefficient (Wildman–Crippen LogP) is 1.14. The predicted molar refractivity (Wildman–Crippen MR) is 54.9 cm³/mol. The molecule has 0 atom stereocenters. The minimum atomic E-state index is -0.567. The number of Topliss-reactive ketones (excluding diaryl/α,β-unsaturated/α-hetero) is 1. The van der Waals surface area contributed by atoms with Crippen LogP contribution in [0.1, 0.15) is 6.42 Å². The van der Waals surface area contributed by atoms with Gasteiger partial charge in [0, 0.05) is 6.07 Å². The molecule has 1 amide bonds. The van der Waals surface area contributed by atoms with E-state index in [-0.39, 0.29) is 30.3 Å². The molecule has 0 aromatic heterocycles. The quantitative estimate of drug-likeness (QED) is 0.706. The minimum absolute atomic E-state index is 0.0535. The smallest absolute Gasteiger partial charge is 0.235 e. The van der Waals surface area contributed by atoms with Crippen molar-refractivity contribution in [2.75, 3.05) is 18.6 Å². The van der Waals surface area contributed by atoms with Crippen LogP contribution in [0.2, 0.25) is 0 Å². The standard InChI is InChI=1S/C11H10FNO3/c1-16-8-2-3-10(9(12)5-8)13-6-7(14)4-11(13)15/h2-3,5H,4,6H2,1H3. The molecule has 16 heavy (non-hydrogen) atoms. The first-order valence-corrected chi connectivity index (χ1v) is 4.77. The highest BCUT2D eigenvalue weighted by Gasteiger charge is 2.30. The fourth-order valence-electron chi connectivity index (χ4n) is 1.64. The van der Waals surface area contributed by atoms with Gasteiger partial charge in [-0.1, -0.05) is 0 Å². The molecule has 1 saturated heterocycles. The lowest BCUT2D eigenvalue weighted by Gasteiger charge is -2.15. The number of hydrogen-bond acceptors (Lipinski definition) is 3. The van der Waals surface area contributed by atoms with E-state index in [0.717, 1.165) is 4.90 Å². The molecule has 84 valence electrons. The van der Waals surface area contributed by atoms with Crippen LogP contribution in [0.4, 0.5) is 10.1 Å². The maximum Gasteiger partial charge on any atom is 0.235 e. The molecule has 1 heterocycles. The fourth-order valence-corrected chi connectivity index (χ4v) is 1.64. The van der Waals surface area contributed by atoms with Gasteiger partial charge in [-0.05, 0) is 12.1 Å². The Morgan fingerprint density at radius 3 is 2.62 bits per heavy atom. The van der Waals surface area contributed by atoms with Crippen molar-refractivity contribution in [1.29, 1.82) is 0 Å². The van der Waals surface area contributed by atoms with E-state index in [0.29, 0.717) is 5.75 Å². The first-order chi connectivity index (χ1) is 7.61. The summed E-state index contributed by atoms with van der Waals surface area (Å²) in [7, 11) is 1.43. The maximum absolute atomic E-state index is 13.6. The number of rotatable bonds is 2. The third-order valence-electron chi connectivity index (χ3n) is 2.43. The van der Waals surface area contributed by atoms with Gasteiger partial charge in [0.1, 0.15) is 5.75 Å². The largest absolute Gasteiger partial charge is 0.497 e. The Balaban J connectivity index is 2.34. The van der Waals surface area contributed by atoms with Crippen LogP contribution >= 0.6 is 0 Å².